The zero-order valence-electron chi connectivity index (χ0n) is 18.0. The number of rotatable bonds is 6. The van der Waals surface area contributed by atoms with Gasteiger partial charge >= 0.3 is 18.3 Å². The number of anilines is 1. The Morgan fingerprint density at radius 3 is 2.28 bits per heavy atom. The topological polar surface area (TPSA) is 84.2 Å². The lowest BCUT2D eigenvalue weighted by molar-refractivity contribution is -0.137. The van der Waals surface area contributed by atoms with E-state index in [0.717, 1.165) is 29.1 Å². The molecule has 1 heterocycles. The molecular formula is C23H16F7N3O3. The van der Waals surface area contributed by atoms with Gasteiger partial charge in [0.15, 0.2) is 0 Å². The van der Waals surface area contributed by atoms with Crippen molar-refractivity contribution in [1.82, 2.24) is 9.78 Å². The number of carbonyl (C=O) groups is 2. The van der Waals surface area contributed by atoms with Crippen LogP contribution in [-0.4, -0.2) is 32.9 Å². The molecule has 190 valence electrons. The molecule has 36 heavy (non-hydrogen) atoms. The molecule has 0 saturated heterocycles. The average Bonchev–Trinajstić information content (AvgIpc) is 3.45. The number of carboxylic acids is 1. The summed E-state index contributed by atoms with van der Waals surface area (Å²) in [5, 5.41) is 15.8. The molecule has 6 nitrogen and oxygen atoms in total. The summed E-state index contributed by atoms with van der Waals surface area (Å²) < 4.78 is 91.8. The minimum absolute atomic E-state index is 0.0117. The Kier molecular flexibility index (Phi) is 6.05. The second-order valence-corrected chi connectivity index (χ2v) is 8.31. The van der Waals surface area contributed by atoms with Crippen molar-refractivity contribution in [2.75, 3.05) is 5.32 Å². The number of nitrogens with zero attached hydrogens (tertiary/aromatic N) is 2. The maximum Gasteiger partial charge on any atom is 0.416 e. The van der Waals surface area contributed by atoms with E-state index in [-0.39, 0.29) is 41.0 Å². The summed E-state index contributed by atoms with van der Waals surface area (Å²) in [6.07, 6.45) is -9.07. The predicted octanol–water partition coefficient (Wildman–Crippen LogP) is 5.50. The molecule has 1 fully saturated rings. The third-order valence-electron chi connectivity index (χ3n) is 5.75. The van der Waals surface area contributed by atoms with Crippen LogP contribution >= 0.6 is 0 Å². The Balaban J connectivity index is 1.59. The van der Waals surface area contributed by atoms with Crippen LogP contribution in [0.25, 0.3) is 5.69 Å². The quantitative estimate of drug-likeness (QED) is 0.425. The molecule has 1 aliphatic carbocycles. The number of alkyl halides is 6. The SMILES string of the molecule is O=C(O)c1cc(NC(=O)C2(c3ccc(C(F)(F)F)cc3F)CC2)ccc1-n1ccc(CC(F)(F)F)n1. The Morgan fingerprint density at radius 2 is 1.72 bits per heavy atom. The molecule has 1 saturated carbocycles. The van der Waals surface area contributed by atoms with Gasteiger partial charge in [-0.3, -0.25) is 4.79 Å². The number of halogens is 7. The minimum Gasteiger partial charge on any atom is -0.478 e. The molecule has 4 rings (SSSR count). The van der Waals surface area contributed by atoms with Crippen LogP contribution in [0.3, 0.4) is 0 Å². The zero-order valence-corrected chi connectivity index (χ0v) is 18.0. The smallest absolute Gasteiger partial charge is 0.416 e. The highest BCUT2D eigenvalue weighted by Crippen LogP contribution is 2.50. The number of carboxylic acid groups (broad SMARTS) is 1. The van der Waals surface area contributed by atoms with Gasteiger partial charge in [-0.2, -0.15) is 31.4 Å². The van der Waals surface area contributed by atoms with Crippen LogP contribution in [0.5, 0.6) is 0 Å². The van der Waals surface area contributed by atoms with Crippen molar-refractivity contribution in [3.8, 4) is 5.69 Å². The van der Waals surface area contributed by atoms with Gasteiger partial charge in [0.2, 0.25) is 5.91 Å². The van der Waals surface area contributed by atoms with Gasteiger partial charge in [-0.15, -0.1) is 0 Å². The van der Waals surface area contributed by atoms with Crippen LogP contribution in [-0.2, 0) is 22.8 Å². The van der Waals surface area contributed by atoms with Crippen LogP contribution in [0.15, 0.2) is 48.7 Å². The molecule has 1 aliphatic rings. The number of aromatic nitrogens is 2. The molecule has 3 aromatic rings. The molecule has 0 aliphatic heterocycles. The summed E-state index contributed by atoms with van der Waals surface area (Å²) in [6.45, 7) is 0. The first-order chi connectivity index (χ1) is 16.7. The monoisotopic (exact) mass is 515 g/mol. The van der Waals surface area contributed by atoms with Crippen molar-refractivity contribution in [3.63, 3.8) is 0 Å². The van der Waals surface area contributed by atoms with E-state index in [0.29, 0.717) is 12.1 Å². The third-order valence-corrected chi connectivity index (χ3v) is 5.75. The highest BCUT2D eigenvalue weighted by Gasteiger charge is 2.53. The summed E-state index contributed by atoms with van der Waals surface area (Å²) >= 11 is 0. The molecule has 0 atom stereocenters. The van der Waals surface area contributed by atoms with Crippen molar-refractivity contribution in [3.05, 3.63) is 76.9 Å². The molecule has 2 N–H and O–H groups in total. The van der Waals surface area contributed by atoms with Gasteiger partial charge in [0.25, 0.3) is 0 Å². The van der Waals surface area contributed by atoms with E-state index in [4.69, 9.17) is 0 Å². The van der Waals surface area contributed by atoms with Crippen LogP contribution in [0, 0.1) is 5.82 Å². The maximum absolute atomic E-state index is 14.5. The largest absolute Gasteiger partial charge is 0.478 e. The average molecular weight is 515 g/mol. The van der Waals surface area contributed by atoms with E-state index in [2.05, 4.69) is 10.4 Å². The Morgan fingerprint density at radius 1 is 1.03 bits per heavy atom. The highest BCUT2D eigenvalue weighted by atomic mass is 19.4. The van der Waals surface area contributed by atoms with Crippen LogP contribution in [0.2, 0.25) is 0 Å². The summed E-state index contributed by atoms with van der Waals surface area (Å²) in [5.41, 5.74) is -3.61. The molecule has 0 radical (unpaired) electrons. The first-order valence-corrected chi connectivity index (χ1v) is 10.4. The Labute approximate surface area is 198 Å². The molecule has 0 unspecified atom stereocenters. The van der Waals surface area contributed by atoms with Crippen molar-refractivity contribution in [2.45, 2.75) is 37.0 Å². The fourth-order valence-corrected chi connectivity index (χ4v) is 3.85. The van der Waals surface area contributed by atoms with Crippen molar-refractivity contribution in [1.29, 1.82) is 0 Å². The number of benzene rings is 2. The minimum atomic E-state index is -4.75. The van der Waals surface area contributed by atoms with Gasteiger partial charge in [-0.25, -0.2) is 13.9 Å². The molecule has 2 aromatic carbocycles. The summed E-state index contributed by atoms with van der Waals surface area (Å²) in [6, 6.07) is 6.56. The number of hydrogen-bond donors (Lipinski definition) is 2. The van der Waals surface area contributed by atoms with E-state index in [1.54, 1.807) is 0 Å². The van der Waals surface area contributed by atoms with Crippen LogP contribution in [0.4, 0.5) is 36.4 Å². The standard InChI is InChI=1S/C23H16F7N3O3/c24-17-9-12(23(28,29)30)1-3-16(17)21(6-7-21)20(36)31-13-2-4-18(15(10-13)19(34)35)33-8-5-14(32-33)11-22(25,26)27/h1-5,8-10H,6-7,11H2,(H,31,36)(H,34,35). The van der Waals surface area contributed by atoms with Gasteiger partial charge in [0, 0.05) is 17.4 Å². The second kappa shape index (κ2) is 8.64. The van der Waals surface area contributed by atoms with Crippen LogP contribution in [0.1, 0.15) is 40.0 Å². The first kappa shape index (κ1) is 25.2. The second-order valence-electron chi connectivity index (χ2n) is 8.31. The number of amides is 1. The van der Waals surface area contributed by atoms with E-state index in [9.17, 15) is 45.4 Å². The van der Waals surface area contributed by atoms with Crippen molar-refractivity contribution < 1.29 is 45.4 Å². The van der Waals surface area contributed by atoms with E-state index >= 15 is 0 Å². The summed E-state index contributed by atoms with van der Waals surface area (Å²) in [4.78, 5) is 24.7. The molecule has 13 heteroatoms. The predicted molar refractivity (Wildman–Crippen MR) is 111 cm³/mol. The van der Waals surface area contributed by atoms with Crippen molar-refractivity contribution in [2.24, 2.45) is 0 Å². The maximum atomic E-state index is 14.5. The van der Waals surface area contributed by atoms with Gasteiger partial charge in [-0.1, -0.05) is 6.07 Å². The van der Waals surface area contributed by atoms with Gasteiger partial charge in [-0.05, 0) is 49.2 Å². The lowest BCUT2D eigenvalue weighted by Crippen LogP contribution is -2.29. The highest BCUT2D eigenvalue weighted by molar-refractivity contribution is 6.02. The summed E-state index contributed by atoms with van der Waals surface area (Å²) in [7, 11) is 0. The van der Waals surface area contributed by atoms with Gasteiger partial charge in [0.1, 0.15) is 5.82 Å². The van der Waals surface area contributed by atoms with Crippen LogP contribution < -0.4 is 5.32 Å². The zero-order chi connectivity index (χ0) is 26.5. The number of aromatic carboxylic acids is 1. The van der Waals surface area contributed by atoms with Crippen molar-refractivity contribution >= 4 is 17.6 Å². The number of hydrogen-bond acceptors (Lipinski definition) is 3. The van der Waals surface area contributed by atoms with Gasteiger partial charge < -0.3 is 10.4 Å². The molecule has 0 spiro atoms. The summed E-state index contributed by atoms with van der Waals surface area (Å²) in [5.74, 6) is -3.38. The molecule has 1 amide bonds. The molecule has 0 bridgehead atoms. The molecular weight excluding hydrogens is 499 g/mol. The lowest BCUT2D eigenvalue weighted by Gasteiger charge is -2.18. The van der Waals surface area contributed by atoms with E-state index in [1.165, 1.54) is 12.1 Å². The number of nitrogens with one attached hydrogen (secondary N) is 1. The normalized spacial score (nSPS) is 15.0. The third kappa shape index (κ3) is 5.04. The van der Waals surface area contributed by atoms with E-state index < -0.39 is 47.4 Å². The Bertz CT molecular complexity index is 1340. The Hall–Kier alpha value is -3.90. The fraction of sp³-hybridized carbons (Fsp3) is 0.261. The number of carbonyl (C=O) groups excluding carboxylic acids is 1. The van der Waals surface area contributed by atoms with E-state index in [1.807, 2.05) is 0 Å². The first-order valence-electron chi connectivity index (χ1n) is 10.4. The lowest BCUT2D eigenvalue weighted by atomic mass is 9.93. The van der Waals surface area contributed by atoms with Gasteiger partial charge in [0.05, 0.1) is 34.3 Å². The fourth-order valence-electron chi connectivity index (χ4n) is 3.85. The molecule has 1 aromatic heterocycles.